The van der Waals surface area contributed by atoms with Crippen LogP contribution in [-0.2, 0) is 0 Å². The fourth-order valence-corrected chi connectivity index (χ4v) is 1.52. The Hall–Kier alpha value is 0.250. The highest BCUT2D eigenvalue weighted by atomic mass is 35.5. The van der Waals surface area contributed by atoms with Crippen LogP contribution in [0.2, 0.25) is 0 Å². The summed E-state index contributed by atoms with van der Waals surface area (Å²) >= 11 is 5.69. The SMILES string of the molecule is CCCCNCC(CC)CCCl. The maximum Gasteiger partial charge on any atom is 0.0226 e. The van der Waals surface area contributed by atoms with Gasteiger partial charge < -0.3 is 5.32 Å². The van der Waals surface area contributed by atoms with Crippen LogP contribution >= 0.6 is 11.6 Å². The van der Waals surface area contributed by atoms with Gasteiger partial charge in [-0.1, -0.05) is 26.7 Å². The fraction of sp³-hybridized carbons (Fsp3) is 1.00. The van der Waals surface area contributed by atoms with Crippen molar-refractivity contribution in [3.63, 3.8) is 0 Å². The number of halogens is 1. The quantitative estimate of drug-likeness (QED) is 0.460. The molecule has 2 heteroatoms. The normalized spacial score (nSPS) is 13.2. The maximum atomic E-state index is 5.69. The molecule has 0 fully saturated rings. The first-order chi connectivity index (χ1) is 5.85. The van der Waals surface area contributed by atoms with E-state index in [-0.39, 0.29) is 0 Å². The van der Waals surface area contributed by atoms with E-state index in [4.69, 9.17) is 11.6 Å². The Morgan fingerprint density at radius 3 is 2.58 bits per heavy atom. The molecule has 1 N–H and O–H groups in total. The zero-order valence-corrected chi connectivity index (χ0v) is 9.16. The summed E-state index contributed by atoms with van der Waals surface area (Å²) in [5.41, 5.74) is 0. The number of alkyl halides is 1. The van der Waals surface area contributed by atoms with Crippen molar-refractivity contribution in [2.75, 3.05) is 19.0 Å². The smallest absolute Gasteiger partial charge is 0.0226 e. The van der Waals surface area contributed by atoms with Crippen molar-refractivity contribution in [1.29, 1.82) is 0 Å². The highest BCUT2D eigenvalue weighted by Crippen LogP contribution is 2.07. The molecule has 0 aliphatic carbocycles. The molecule has 0 radical (unpaired) electrons. The average molecular weight is 192 g/mol. The van der Waals surface area contributed by atoms with Crippen LogP contribution in [0.4, 0.5) is 0 Å². The van der Waals surface area contributed by atoms with Gasteiger partial charge in [0.25, 0.3) is 0 Å². The van der Waals surface area contributed by atoms with Crippen LogP contribution in [0, 0.1) is 5.92 Å². The van der Waals surface area contributed by atoms with Crippen molar-refractivity contribution in [1.82, 2.24) is 5.32 Å². The molecule has 0 aliphatic heterocycles. The third kappa shape index (κ3) is 6.93. The zero-order chi connectivity index (χ0) is 9.23. The van der Waals surface area contributed by atoms with E-state index in [0.29, 0.717) is 0 Å². The first kappa shape index (κ1) is 12.2. The largest absolute Gasteiger partial charge is 0.316 e. The lowest BCUT2D eigenvalue weighted by molar-refractivity contribution is 0.449. The maximum absolute atomic E-state index is 5.69. The molecule has 0 bridgehead atoms. The van der Waals surface area contributed by atoms with Gasteiger partial charge in [-0.2, -0.15) is 0 Å². The highest BCUT2D eigenvalue weighted by Gasteiger charge is 2.03. The molecule has 1 nitrogen and oxygen atoms in total. The number of rotatable bonds is 8. The number of nitrogens with one attached hydrogen (secondary N) is 1. The van der Waals surface area contributed by atoms with Crippen LogP contribution in [0.1, 0.15) is 39.5 Å². The van der Waals surface area contributed by atoms with Crippen LogP contribution < -0.4 is 5.32 Å². The minimum absolute atomic E-state index is 0.777. The topological polar surface area (TPSA) is 12.0 Å². The average Bonchev–Trinajstić information content (AvgIpc) is 2.10. The Kier molecular flexibility index (Phi) is 9.53. The minimum Gasteiger partial charge on any atom is -0.316 e. The Bertz CT molecular complexity index is 85.9. The molecule has 0 saturated heterocycles. The second-order valence-electron chi connectivity index (χ2n) is 3.31. The van der Waals surface area contributed by atoms with Crippen LogP contribution in [-0.4, -0.2) is 19.0 Å². The molecule has 0 amide bonds. The van der Waals surface area contributed by atoms with E-state index in [9.17, 15) is 0 Å². The summed E-state index contributed by atoms with van der Waals surface area (Å²) in [7, 11) is 0. The molecule has 0 aromatic carbocycles. The van der Waals surface area contributed by atoms with Crippen LogP contribution in [0.3, 0.4) is 0 Å². The van der Waals surface area contributed by atoms with E-state index < -0.39 is 0 Å². The monoisotopic (exact) mass is 191 g/mol. The minimum atomic E-state index is 0.777. The Morgan fingerprint density at radius 2 is 2.08 bits per heavy atom. The molecule has 12 heavy (non-hydrogen) atoms. The van der Waals surface area contributed by atoms with E-state index in [2.05, 4.69) is 19.2 Å². The number of hydrogen-bond acceptors (Lipinski definition) is 1. The molecule has 74 valence electrons. The van der Waals surface area contributed by atoms with Gasteiger partial charge in [0.1, 0.15) is 0 Å². The van der Waals surface area contributed by atoms with Gasteiger partial charge in [-0.25, -0.2) is 0 Å². The Morgan fingerprint density at radius 1 is 1.33 bits per heavy atom. The summed E-state index contributed by atoms with van der Waals surface area (Å²) in [6.07, 6.45) is 4.96. The molecule has 0 aromatic rings. The number of unbranched alkanes of at least 4 members (excludes halogenated alkanes) is 1. The van der Waals surface area contributed by atoms with E-state index in [1.807, 2.05) is 0 Å². The van der Waals surface area contributed by atoms with Gasteiger partial charge in [-0.05, 0) is 31.8 Å². The second kappa shape index (κ2) is 9.34. The third-order valence-electron chi connectivity index (χ3n) is 2.23. The second-order valence-corrected chi connectivity index (χ2v) is 3.69. The van der Waals surface area contributed by atoms with E-state index >= 15 is 0 Å². The van der Waals surface area contributed by atoms with Crippen LogP contribution in [0.25, 0.3) is 0 Å². The number of hydrogen-bond donors (Lipinski definition) is 1. The van der Waals surface area contributed by atoms with Crippen molar-refractivity contribution >= 4 is 11.6 Å². The zero-order valence-electron chi connectivity index (χ0n) is 8.41. The lowest BCUT2D eigenvalue weighted by Crippen LogP contribution is -2.23. The van der Waals surface area contributed by atoms with E-state index in [1.165, 1.54) is 19.3 Å². The van der Waals surface area contributed by atoms with Crippen molar-refractivity contribution in [3.05, 3.63) is 0 Å². The molecule has 0 heterocycles. The molecular formula is C10H22ClN. The van der Waals surface area contributed by atoms with Crippen molar-refractivity contribution in [2.45, 2.75) is 39.5 Å². The van der Waals surface area contributed by atoms with Crippen molar-refractivity contribution in [3.8, 4) is 0 Å². The molecular weight excluding hydrogens is 170 g/mol. The molecule has 0 saturated carbocycles. The summed E-state index contributed by atoms with van der Waals surface area (Å²) in [5, 5.41) is 3.46. The summed E-state index contributed by atoms with van der Waals surface area (Å²) in [5.74, 6) is 1.58. The van der Waals surface area contributed by atoms with Crippen LogP contribution in [0.15, 0.2) is 0 Å². The Labute approximate surface area is 81.9 Å². The molecule has 0 aliphatic rings. The fourth-order valence-electron chi connectivity index (χ4n) is 1.21. The summed E-state index contributed by atoms with van der Waals surface area (Å²) < 4.78 is 0. The lowest BCUT2D eigenvalue weighted by atomic mass is 10.0. The van der Waals surface area contributed by atoms with E-state index in [1.54, 1.807) is 0 Å². The predicted molar refractivity (Wildman–Crippen MR) is 56.9 cm³/mol. The molecule has 1 unspecified atom stereocenters. The first-order valence-corrected chi connectivity index (χ1v) is 5.65. The standard InChI is InChI=1S/C10H22ClN/c1-3-5-8-12-9-10(4-2)6-7-11/h10,12H,3-9H2,1-2H3. The summed E-state index contributed by atoms with van der Waals surface area (Å²) in [6, 6.07) is 0. The Balaban J connectivity index is 3.19. The summed E-state index contributed by atoms with van der Waals surface area (Å²) in [6.45, 7) is 6.76. The van der Waals surface area contributed by atoms with Gasteiger partial charge in [-0.15, -0.1) is 11.6 Å². The van der Waals surface area contributed by atoms with Gasteiger partial charge in [0, 0.05) is 5.88 Å². The molecule has 0 rings (SSSR count). The van der Waals surface area contributed by atoms with Crippen molar-refractivity contribution < 1.29 is 0 Å². The lowest BCUT2D eigenvalue weighted by Gasteiger charge is -2.13. The predicted octanol–water partition coefficient (Wildman–Crippen LogP) is 3.03. The molecule has 0 aromatic heterocycles. The van der Waals surface area contributed by atoms with Crippen molar-refractivity contribution in [2.24, 2.45) is 5.92 Å². The highest BCUT2D eigenvalue weighted by molar-refractivity contribution is 6.17. The van der Waals surface area contributed by atoms with Gasteiger partial charge in [0.2, 0.25) is 0 Å². The van der Waals surface area contributed by atoms with Gasteiger partial charge >= 0.3 is 0 Å². The first-order valence-electron chi connectivity index (χ1n) is 5.11. The molecule has 0 spiro atoms. The van der Waals surface area contributed by atoms with Crippen LogP contribution in [0.5, 0.6) is 0 Å². The molecule has 1 atom stereocenters. The van der Waals surface area contributed by atoms with Gasteiger partial charge in [0.05, 0.1) is 0 Å². The third-order valence-corrected chi connectivity index (χ3v) is 2.45. The van der Waals surface area contributed by atoms with Gasteiger partial charge in [0.15, 0.2) is 0 Å². The van der Waals surface area contributed by atoms with E-state index in [0.717, 1.165) is 31.3 Å². The van der Waals surface area contributed by atoms with Gasteiger partial charge in [-0.3, -0.25) is 0 Å². The summed E-state index contributed by atoms with van der Waals surface area (Å²) in [4.78, 5) is 0.